The molecule has 30 heavy (non-hydrogen) atoms. The predicted octanol–water partition coefficient (Wildman–Crippen LogP) is 1.80. The lowest BCUT2D eigenvalue weighted by Gasteiger charge is -2.33. The van der Waals surface area contributed by atoms with Crippen molar-refractivity contribution in [1.82, 2.24) is 14.8 Å². The lowest BCUT2D eigenvalue weighted by molar-refractivity contribution is -0.150. The van der Waals surface area contributed by atoms with Crippen LogP contribution in [0.5, 0.6) is 0 Å². The smallest absolute Gasteiger partial charge is 0.358 e. The molecule has 0 atom stereocenters. The lowest BCUT2D eigenvalue weighted by atomic mass is 10.1. The van der Waals surface area contributed by atoms with Crippen LogP contribution in [-0.2, 0) is 20.9 Å². The molecular weight excluding hydrogens is 393 g/mol. The number of rotatable bonds is 5. The average Bonchev–Trinajstić information content (AvgIpc) is 2.71. The highest BCUT2D eigenvalue weighted by Crippen LogP contribution is 2.16. The van der Waals surface area contributed by atoms with Crippen LogP contribution >= 0.6 is 0 Å². The molecule has 8 nitrogen and oxygen atoms in total. The van der Waals surface area contributed by atoms with E-state index >= 15 is 0 Å². The van der Waals surface area contributed by atoms with Gasteiger partial charge in [0.25, 0.3) is 5.91 Å². The fraction of sp³-hybridized carbons (Fsp3) is 0.286. The van der Waals surface area contributed by atoms with E-state index in [4.69, 9.17) is 4.74 Å². The van der Waals surface area contributed by atoms with E-state index in [9.17, 15) is 23.6 Å². The third-order valence-corrected chi connectivity index (χ3v) is 4.37. The molecule has 0 radical (unpaired) electrons. The predicted molar refractivity (Wildman–Crippen MR) is 103 cm³/mol. The number of imide groups is 1. The molecular formula is C21H20FN3O5. The highest BCUT2D eigenvalue weighted by Gasteiger charge is 2.35. The van der Waals surface area contributed by atoms with Gasteiger partial charge in [0.05, 0.1) is 18.2 Å². The Morgan fingerprint density at radius 1 is 1.10 bits per heavy atom. The molecule has 2 heterocycles. The Hall–Kier alpha value is -3.62. The molecule has 2 aromatic rings. The summed E-state index contributed by atoms with van der Waals surface area (Å²) in [6.07, 6.45) is 0.950. The second-order valence-electron chi connectivity index (χ2n) is 7.01. The lowest BCUT2D eigenvalue weighted by Crippen LogP contribution is -2.55. The van der Waals surface area contributed by atoms with Crippen LogP contribution in [0.2, 0.25) is 0 Å². The average molecular weight is 413 g/mol. The Balaban J connectivity index is 1.75. The topological polar surface area (TPSA) is 96.9 Å². The monoisotopic (exact) mass is 413 g/mol. The molecule has 0 N–H and O–H groups in total. The van der Waals surface area contributed by atoms with Crippen LogP contribution in [0, 0.1) is 5.82 Å². The Labute approximate surface area is 172 Å². The molecule has 1 aromatic carbocycles. The van der Waals surface area contributed by atoms with Crippen LogP contribution in [-0.4, -0.2) is 57.7 Å². The first-order valence-electron chi connectivity index (χ1n) is 9.29. The summed E-state index contributed by atoms with van der Waals surface area (Å²) in [5.74, 6) is -2.99. The first-order valence-corrected chi connectivity index (χ1v) is 9.29. The zero-order valence-electron chi connectivity index (χ0n) is 16.5. The highest BCUT2D eigenvalue weighted by molar-refractivity contribution is 6.09. The van der Waals surface area contributed by atoms with Gasteiger partial charge in [-0.3, -0.25) is 19.3 Å². The molecule has 1 aromatic heterocycles. The minimum atomic E-state index is -0.762. The summed E-state index contributed by atoms with van der Waals surface area (Å²) in [5, 5.41) is 0. The molecule has 3 amide bonds. The van der Waals surface area contributed by atoms with Gasteiger partial charge in [0.2, 0.25) is 11.8 Å². The molecule has 1 saturated heterocycles. The van der Waals surface area contributed by atoms with Crippen LogP contribution in [0.4, 0.5) is 4.39 Å². The number of carbonyl (C=O) groups is 4. The fourth-order valence-corrected chi connectivity index (χ4v) is 2.97. The third kappa shape index (κ3) is 4.68. The van der Waals surface area contributed by atoms with Crippen molar-refractivity contribution in [2.45, 2.75) is 26.5 Å². The number of piperazine rings is 1. The molecule has 9 heteroatoms. The molecule has 0 aliphatic carbocycles. The highest BCUT2D eigenvalue weighted by atomic mass is 19.1. The van der Waals surface area contributed by atoms with E-state index in [0.29, 0.717) is 5.56 Å². The summed E-state index contributed by atoms with van der Waals surface area (Å²) >= 11 is 0. The fourth-order valence-electron chi connectivity index (χ4n) is 2.97. The minimum Gasteiger partial charge on any atom is -0.458 e. The standard InChI is InChI=1S/C21H20FN3O5/c1-13(2)30-21(29)19-16(4-3-9-23-19)20(28)24-11-17(26)25(18(27)12-24)10-14-5-7-15(22)8-6-14/h3-9,13H,10-12H2,1-2H3. The first kappa shape index (κ1) is 21.1. The van der Waals surface area contributed by atoms with Crippen molar-refractivity contribution in [3.63, 3.8) is 0 Å². The normalized spacial score (nSPS) is 14.3. The number of hydrogen-bond acceptors (Lipinski definition) is 6. The number of benzene rings is 1. The van der Waals surface area contributed by atoms with Crippen molar-refractivity contribution < 1.29 is 28.3 Å². The summed E-state index contributed by atoms with van der Waals surface area (Å²) in [5.41, 5.74) is 0.365. The van der Waals surface area contributed by atoms with E-state index < -0.39 is 35.6 Å². The number of esters is 1. The van der Waals surface area contributed by atoms with Crippen LogP contribution in [0.25, 0.3) is 0 Å². The molecule has 1 aliphatic rings. The van der Waals surface area contributed by atoms with Gasteiger partial charge in [-0.15, -0.1) is 0 Å². The largest absolute Gasteiger partial charge is 0.458 e. The second-order valence-corrected chi connectivity index (χ2v) is 7.01. The van der Waals surface area contributed by atoms with Crippen LogP contribution in [0.15, 0.2) is 42.6 Å². The van der Waals surface area contributed by atoms with Crippen molar-refractivity contribution in [1.29, 1.82) is 0 Å². The van der Waals surface area contributed by atoms with Gasteiger partial charge in [-0.25, -0.2) is 14.2 Å². The van der Waals surface area contributed by atoms with Gasteiger partial charge in [0.15, 0.2) is 5.69 Å². The zero-order valence-corrected chi connectivity index (χ0v) is 16.5. The molecule has 0 spiro atoms. The maximum atomic E-state index is 13.0. The molecule has 3 rings (SSSR count). The minimum absolute atomic E-state index is 0.0150. The van der Waals surface area contributed by atoms with Gasteiger partial charge < -0.3 is 9.64 Å². The Morgan fingerprint density at radius 3 is 2.33 bits per heavy atom. The molecule has 1 fully saturated rings. The number of aromatic nitrogens is 1. The van der Waals surface area contributed by atoms with Gasteiger partial charge in [-0.2, -0.15) is 0 Å². The van der Waals surface area contributed by atoms with Gasteiger partial charge in [-0.05, 0) is 43.7 Å². The van der Waals surface area contributed by atoms with Crippen molar-refractivity contribution >= 4 is 23.7 Å². The summed E-state index contributed by atoms with van der Waals surface area (Å²) in [6.45, 7) is 2.65. The van der Waals surface area contributed by atoms with Crippen molar-refractivity contribution in [3.05, 3.63) is 65.2 Å². The first-order chi connectivity index (χ1) is 14.3. The van der Waals surface area contributed by atoms with E-state index in [1.807, 2.05) is 0 Å². The van der Waals surface area contributed by atoms with Gasteiger partial charge in [0.1, 0.15) is 18.9 Å². The van der Waals surface area contributed by atoms with E-state index in [1.165, 1.54) is 42.6 Å². The summed E-state index contributed by atoms with van der Waals surface area (Å²) in [6, 6.07) is 8.32. The number of pyridine rings is 1. The molecule has 156 valence electrons. The molecule has 0 unspecified atom stereocenters. The van der Waals surface area contributed by atoms with Crippen LogP contribution in [0.1, 0.15) is 40.3 Å². The number of carbonyl (C=O) groups excluding carboxylic acids is 4. The maximum absolute atomic E-state index is 13.0. The SMILES string of the molecule is CC(C)OC(=O)c1ncccc1C(=O)N1CC(=O)N(Cc2ccc(F)cc2)C(=O)C1. The summed E-state index contributed by atoms with van der Waals surface area (Å²) in [4.78, 5) is 56.2. The summed E-state index contributed by atoms with van der Waals surface area (Å²) < 4.78 is 18.2. The number of halogens is 1. The van der Waals surface area contributed by atoms with Gasteiger partial charge in [0, 0.05) is 6.20 Å². The number of hydrogen-bond donors (Lipinski definition) is 0. The Morgan fingerprint density at radius 2 is 1.73 bits per heavy atom. The molecule has 0 bridgehead atoms. The van der Waals surface area contributed by atoms with E-state index in [2.05, 4.69) is 4.98 Å². The van der Waals surface area contributed by atoms with Gasteiger partial charge in [-0.1, -0.05) is 12.1 Å². The maximum Gasteiger partial charge on any atom is 0.358 e. The van der Waals surface area contributed by atoms with Crippen LogP contribution in [0.3, 0.4) is 0 Å². The number of amides is 3. The molecule has 0 saturated carbocycles. The number of ether oxygens (including phenoxy) is 1. The van der Waals surface area contributed by atoms with Crippen molar-refractivity contribution in [3.8, 4) is 0 Å². The van der Waals surface area contributed by atoms with E-state index in [0.717, 1.165) is 9.80 Å². The summed E-state index contributed by atoms with van der Waals surface area (Å²) in [7, 11) is 0. The molecule has 1 aliphatic heterocycles. The number of nitrogens with zero attached hydrogens (tertiary/aromatic N) is 3. The second kappa shape index (κ2) is 8.81. The van der Waals surface area contributed by atoms with Crippen molar-refractivity contribution in [2.24, 2.45) is 0 Å². The van der Waals surface area contributed by atoms with Gasteiger partial charge >= 0.3 is 5.97 Å². The van der Waals surface area contributed by atoms with E-state index in [1.54, 1.807) is 13.8 Å². The third-order valence-electron chi connectivity index (χ3n) is 4.37. The van der Waals surface area contributed by atoms with Crippen molar-refractivity contribution in [2.75, 3.05) is 13.1 Å². The zero-order chi connectivity index (χ0) is 21.8. The van der Waals surface area contributed by atoms with Crippen LogP contribution < -0.4 is 0 Å². The quantitative estimate of drug-likeness (QED) is 0.548. The Kier molecular flexibility index (Phi) is 6.20. The van der Waals surface area contributed by atoms with E-state index in [-0.39, 0.29) is 30.9 Å². The Bertz CT molecular complexity index is 972.